The molecule has 2 N–H and O–H groups in total. The van der Waals surface area contributed by atoms with Crippen LogP contribution in [0.5, 0.6) is 0 Å². The summed E-state index contributed by atoms with van der Waals surface area (Å²) in [6.45, 7) is 6.12. The molecule has 1 aromatic rings. The summed E-state index contributed by atoms with van der Waals surface area (Å²) in [5.74, 6) is 0.0157. The third kappa shape index (κ3) is 3.16. The number of nitrogens with one attached hydrogen (secondary N) is 1. The molecule has 104 valence electrons. The Kier molecular flexibility index (Phi) is 4.25. The van der Waals surface area contributed by atoms with E-state index >= 15 is 0 Å². The highest BCUT2D eigenvalue weighted by Crippen LogP contribution is 2.20. The molecule has 1 amide bonds. The molecular weight excluding hydrogens is 238 g/mol. The van der Waals surface area contributed by atoms with E-state index in [1.165, 1.54) is 11.1 Å². The highest BCUT2D eigenvalue weighted by molar-refractivity contribution is 5.96. The van der Waals surface area contributed by atoms with Crippen molar-refractivity contribution in [3.05, 3.63) is 34.4 Å². The molecule has 2 rings (SSSR count). The van der Waals surface area contributed by atoms with Gasteiger partial charge in [0.25, 0.3) is 5.91 Å². The van der Waals surface area contributed by atoms with Crippen LogP contribution in [0.3, 0.4) is 0 Å². The molecule has 0 unspecified atom stereocenters. The predicted octanol–water partition coefficient (Wildman–Crippen LogP) is 2.65. The number of hydrogen-bond donors (Lipinski definition) is 2. The van der Waals surface area contributed by atoms with Gasteiger partial charge in [0, 0.05) is 11.6 Å². The van der Waals surface area contributed by atoms with E-state index in [4.69, 9.17) is 0 Å². The first-order valence-corrected chi connectivity index (χ1v) is 7.04. The van der Waals surface area contributed by atoms with Crippen molar-refractivity contribution in [2.75, 3.05) is 0 Å². The number of hydrogen-bond acceptors (Lipinski definition) is 2. The Bertz CT molecular complexity index is 474. The van der Waals surface area contributed by atoms with E-state index < -0.39 is 0 Å². The van der Waals surface area contributed by atoms with E-state index in [9.17, 15) is 9.90 Å². The molecule has 0 heterocycles. The summed E-state index contributed by atoms with van der Waals surface area (Å²) in [5.41, 5.74) is 4.24. The maximum absolute atomic E-state index is 12.3. The van der Waals surface area contributed by atoms with Gasteiger partial charge in [-0.3, -0.25) is 4.79 Å². The van der Waals surface area contributed by atoms with Gasteiger partial charge in [-0.2, -0.15) is 0 Å². The Labute approximate surface area is 115 Å². The van der Waals surface area contributed by atoms with Crippen molar-refractivity contribution in [3.63, 3.8) is 0 Å². The first-order valence-electron chi connectivity index (χ1n) is 7.04. The van der Waals surface area contributed by atoms with Crippen LogP contribution >= 0.6 is 0 Å². The lowest BCUT2D eigenvalue weighted by Crippen LogP contribution is -2.38. The zero-order chi connectivity index (χ0) is 14.0. The second-order valence-electron chi connectivity index (χ2n) is 5.66. The maximum Gasteiger partial charge on any atom is 0.251 e. The van der Waals surface area contributed by atoms with Crippen molar-refractivity contribution < 1.29 is 9.90 Å². The largest absolute Gasteiger partial charge is 0.393 e. The quantitative estimate of drug-likeness (QED) is 0.860. The summed E-state index contributed by atoms with van der Waals surface area (Å²) < 4.78 is 0. The minimum absolute atomic E-state index is 0.0157. The average Bonchev–Trinajstić information content (AvgIpc) is 2.39. The number of aliphatic hydroxyl groups is 1. The molecule has 3 nitrogen and oxygen atoms in total. The number of carbonyl (C=O) groups is 1. The fraction of sp³-hybridized carbons (Fsp3) is 0.562. The van der Waals surface area contributed by atoms with Gasteiger partial charge in [0.15, 0.2) is 0 Å². The van der Waals surface area contributed by atoms with Crippen molar-refractivity contribution in [3.8, 4) is 0 Å². The average molecular weight is 261 g/mol. The number of aliphatic hydroxyl groups excluding tert-OH is 1. The maximum atomic E-state index is 12.3. The van der Waals surface area contributed by atoms with E-state index in [2.05, 4.69) is 19.2 Å². The summed E-state index contributed by atoms with van der Waals surface area (Å²) in [6, 6.07) is 4.11. The first-order chi connectivity index (χ1) is 8.99. The van der Waals surface area contributed by atoms with Gasteiger partial charge in [-0.1, -0.05) is 6.07 Å². The molecular formula is C16H23NO2. The highest BCUT2D eigenvalue weighted by atomic mass is 16.3. The van der Waals surface area contributed by atoms with Gasteiger partial charge in [0.1, 0.15) is 0 Å². The molecule has 1 fully saturated rings. The van der Waals surface area contributed by atoms with Crippen molar-refractivity contribution >= 4 is 5.91 Å². The molecule has 3 heteroatoms. The predicted molar refractivity (Wildman–Crippen MR) is 76.4 cm³/mol. The van der Waals surface area contributed by atoms with Gasteiger partial charge >= 0.3 is 0 Å². The molecule has 0 aromatic heterocycles. The smallest absolute Gasteiger partial charge is 0.251 e. The number of rotatable bonds is 2. The van der Waals surface area contributed by atoms with E-state index in [0.29, 0.717) is 0 Å². The van der Waals surface area contributed by atoms with Gasteiger partial charge in [0.2, 0.25) is 0 Å². The zero-order valence-electron chi connectivity index (χ0n) is 12.0. The molecule has 0 spiro atoms. The second-order valence-corrected chi connectivity index (χ2v) is 5.66. The van der Waals surface area contributed by atoms with Crippen LogP contribution in [0.15, 0.2) is 12.1 Å². The number of aryl methyl sites for hydroxylation is 1. The van der Waals surface area contributed by atoms with Crippen LogP contribution in [0.4, 0.5) is 0 Å². The second kappa shape index (κ2) is 5.74. The molecule has 1 saturated carbocycles. The third-order valence-electron chi connectivity index (χ3n) is 4.33. The van der Waals surface area contributed by atoms with Crippen LogP contribution in [-0.2, 0) is 0 Å². The van der Waals surface area contributed by atoms with Crippen molar-refractivity contribution in [2.24, 2.45) is 0 Å². The molecule has 19 heavy (non-hydrogen) atoms. The summed E-state index contributed by atoms with van der Waals surface area (Å²) >= 11 is 0. The number of carbonyl (C=O) groups excluding carboxylic acids is 1. The van der Waals surface area contributed by atoms with Gasteiger partial charge in [-0.15, -0.1) is 0 Å². The lowest BCUT2D eigenvalue weighted by Gasteiger charge is -2.26. The Morgan fingerprint density at radius 2 is 1.74 bits per heavy atom. The van der Waals surface area contributed by atoms with Crippen molar-refractivity contribution in [1.29, 1.82) is 0 Å². The van der Waals surface area contributed by atoms with Crippen molar-refractivity contribution in [1.82, 2.24) is 5.32 Å². The SMILES string of the molecule is Cc1ccc(C(=O)NC2CCC(O)CC2)c(C)c1C. The standard InChI is InChI=1S/C16H23NO2/c1-10-4-9-15(12(3)11(10)2)16(19)17-13-5-7-14(18)8-6-13/h4,9,13-14,18H,5-8H2,1-3H3,(H,17,19). The van der Waals surface area contributed by atoms with Gasteiger partial charge in [-0.05, 0) is 69.2 Å². The van der Waals surface area contributed by atoms with Crippen LogP contribution in [0.1, 0.15) is 52.7 Å². The lowest BCUT2D eigenvalue weighted by atomic mass is 9.92. The highest BCUT2D eigenvalue weighted by Gasteiger charge is 2.22. The zero-order valence-corrected chi connectivity index (χ0v) is 12.0. The van der Waals surface area contributed by atoms with Gasteiger partial charge < -0.3 is 10.4 Å². The van der Waals surface area contributed by atoms with E-state index in [1.807, 2.05) is 19.1 Å². The normalized spacial score (nSPS) is 23.2. The van der Waals surface area contributed by atoms with E-state index in [0.717, 1.165) is 36.8 Å². The third-order valence-corrected chi connectivity index (χ3v) is 4.33. The number of amides is 1. The minimum Gasteiger partial charge on any atom is -0.393 e. The lowest BCUT2D eigenvalue weighted by molar-refractivity contribution is 0.0867. The number of benzene rings is 1. The molecule has 0 radical (unpaired) electrons. The van der Waals surface area contributed by atoms with Crippen LogP contribution in [0, 0.1) is 20.8 Å². The molecule has 0 saturated heterocycles. The van der Waals surface area contributed by atoms with Crippen LogP contribution < -0.4 is 5.32 Å². The fourth-order valence-corrected chi connectivity index (χ4v) is 2.69. The Hall–Kier alpha value is -1.35. The van der Waals surface area contributed by atoms with Gasteiger partial charge in [-0.25, -0.2) is 0 Å². The van der Waals surface area contributed by atoms with E-state index in [1.54, 1.807) is 0 Å². The molecule has 1 aromatic carbocycles. The molecule has 0 aliphatic heterocycles. The minimum atomic E-state index is -0.184. The van der Waals surface area contributed by atoms with E-state index in [-0.39, 0.29) is 18.1 Å². The topological polar surface area (TPSA) is 49.3 Å². The monoisotopic (exact) mass is 261 g/mol. The summed E-state index contributed by atoms with van der Waals surface area (Å²) in [6.07, 6.45) is 3.14. The van der Waals surface area contributed by atoms with Crippen molar-refractivity contribution in [2.45, 2.75) is 58.6 Å². The summed E-state index contributed by atoms with van der Waals surface area (Å²) in [5, 5.41) is 12.6. The molecule has 1 aliphatic rings. The van der Waals surface area contributed by atoms with Gasteiger partial charge in [0.05, 0.1) is 6.10 Å². The molecule has 0 bridgehead atoms. The van der Waals surface area contributed by atoms with Crippen LogP contribution in [0.2, 0.25) is 0 Å². The Morgan fingerprint density at radius 3 is 2.37 bits per heavy atom. The molecule has 0 atom stereocenters. The fourth-order valence-electron chi connectivity index (χ4n) is 2.69. The summed E-state index contributed by atoms with van der Waals surface area (Å²) in [4.78, 5) is 12.3. The van der Waals surface area contributed by atoms with Crippen LogP contribution in [-0.4, -0.2) is 23.2 Å². The Morgan fingerprint density at radius 1 is 1.11 bits per heavy atom. The summed E-state index contributed by atoms with van der Waals surface area (Å²) in [7, 11) is 0. The first kappa shape index (κ1) is 14.1. The Balaban J connectivity index is 2.06. The van der Waals surface area contributed by atoms with Crippen LogP contribution in [0.25, 0.3) is 0 Å². The molecule has 1 aliphatic carbocycles.